The van der Waals surface area contributed by atoms with E-state index >= 15 is 0 Å². The van der Waals surface area contributed by atoms with Crippen molar-refractivity contribution in [2.75, 3.05) is 0 Å². The van der Waals surface area contributed by atoms with Gasteiger partial charge in [-0.05, 0) is 25.5 Å². The van der Waals surface area contributed by atoms with Gasteiger partial charge in [0.25, 0.3) is 0 Å². The molecule has 0 aliphatic rings. The van der Waals surface area contributed by atoms with Crippen molar-refractivity contribution in [2.45, 2.75) is 26.0 Å². The lowest BCUT2D eigenvalue weighted by Gasteiger charge is -2.15. The van der Waals surface area contributed by atoms with Gasteiger partial charge >= 0.3 is 5.97 Å². The number of carbonyl (C=O) groups excluding carboxylic acids is 1. The van der Waals surface area contributed by atoms with Crippen molar-refractivity contribution in [1.29, 1.82) is 0 Å². The molecule has 1 aromatic rings. The molecular formula is C14H17NO4. The number of carboxylic acids is 1. The summed E-state index contributed by atoms with van der Waals surface area (Å²) in [5.41, 5.74) is 1.91. The van der Waals surface area contributed by atoms with Gasteiger partial charge in [0.15, 0.2) is 6.04 Å². The molecule has 0 fully saturated rings. The van der Waals surface area contributed by atoms with E-state index in [4.69, 9.17) is 5.11 Å². The quantitative estimate of drug-likeness (QED) is 0.690. The largest absolute Gasteiger partial charge is 0.480 e. The fourth-order valence-corrected chi connectivity index (χ4v) is 1.54. The highest BCUT2D eigenvalue weighted by molar-refractivity contribution is 5.94. The Morgan fingerprint density at radius 2 is 2.05 bits per heavy atom. The standard InChI is InChI=1S/C14H17NO4/c1-9-4-3-5-11(8-9)6-7-12(17)15-13(10(2)16)14(18)19/h3-8,10,13,16H,1-2H3,(H,15,17)(H,18,19)/b7-6+/t10-,13+/m1/s1. The Hall–Kier alpha value is -2.14. The number of hydrogen-bond acceptors (Lipinski definition) is 3. The first-order valence-electron chi connectivity index (χ1n) is 5.86. The summed E-state index contributed by atoms with van der Waals surface area (Å²) in [6.07, 6.45) is 1.67. The zero-order chi connectivity index (χ0) is 14.4. The van der Waals surface area contributed by atoms with Crippen LogP contribution in [0.2, 0.25) is 0 Å². The van der Waals surface area contributed by atoms with Crippen LogP contribution in [0.15, 0.2) is 30.3 Å². The number of hydrogen-bond donors (Lipinski definition) is 3. The summed E-state index contributed by atoms with van der Waals surface area (Å²) in [5, 5.41) is 20.3. The highest BCUT2D eigenvalue weighted by Gasteiger charge is 2.23. The molecular weight excluding hydrogens is 246 g/mol. The van der Waals surface area contributed by atoms with Gasteiger partial charge in [0.2, 0.25) is 5.91 Å². The van der Waals surface area contributed by atoms with Crippen molar-refractivity contribution >= 4 is 18.0 Å². The Bertz CT molecular complexity index is 494. The van der Waals surface area contributed by atoms with Crippen molar-refractivity contribution in [3.63, 3.8) is 0 Å². The molecule has 102 valence electrons. The molecule has 0 aliphatic carbocycles. The van der Waals surface area contributed by atoms with Crippen LogP contribution in [0.1, 0.15) is 18.1 Å². The molecule has 19 heavy (non-hydrogen) atoms. The number of aliphatic carboxylic acids is 1. The Labute approximate surface area is 111 Å². The SMILES string of the molecule is Cc1cccc(/C=C/C(=O)N[C@H](C(=O)O)[C@@H](C)O)c1. The third kappa shape index (κ3) is 4.93. The van der Waals surface area contributed by atoms with Gasteiger partial charge in [0.1, 0.15) is 0 Å². The minimum Gasteiger partial charge on any atom is -0.480 e. The van der Waals surface area contributed by atoms with Gasteiger partial charge in [-0.2, -0.15) is 0 Å². The van der Waals surface area contributed by atoms with Crippen LogP contribution in [0.3, 0.4) is 0 Å². The monoisotopic (exact) mass is 263 g/mol. The second kappa shape index (κ2) is 6.70. The van der Waals surface area contributed by atoms with Gasteiger partial charge in [-0.1, -0.05) is 29.8 Å². The van der Waals surface area contributed by atoms with E-state index in [1.807, 2.05) is 31.2 Å². The molecule has 2 atom stereocenters. The highest BCUT2D eigenvalue weighted by atomic mass is 16.4. The molecule has 0 saturated heterocycles. The average Bonchev–Trinajstić information content (AvgIpc) is 2.32. The van der Waals surface area contributed by atoms with Gasteiger partial charge in [-0.15, -0.1) is 0 Å². The van der Waals surface area contributed by atoms with Crippen LogP contribution < -0.4 is 5.32 Å². The Morgan fingerprint density at radius 3 is 2.58 bits per heavy atom. The van der Waals surface area contributed by atoms with Crippen molar-refractivity contribution in [3.05, 3.63) is 41.5 Å². The lowest BCUT2D eigenvalue weighted by molar-refractivity contribution is -0.144. The maximum atomic E-state index is 11.5. The Balaban J connectivity index is 2.67. The highest BCUT2D eigenvalue weighted by Crippen LogP contribution is 2.05. The molecule has 0 bridgehead atoms. The smallest absolute Gasteiger partial charge is 0.328 e. The topological polar surface area (TPSA) is 86.6 Å². The normalized spacial score (nSPS) is 14.1. The van der Waals surface area contributed by atoms with Crippen LogP contribution in [-0.4, -0.2) is 34.2 Å². The zero-order valence-corrected chi connectivity index (χ0v) is 10.8. The average molecular weight is 263 g/mol. The molecule has 3 N–H and O–H groups in total. The number of carboxylic acid groups (broad SMARTS) is 1. The first kappa shape index (κ1) is 14.9. The molecule has 0 heterocycles. The second-order valence-electron chi connectivity index (χ2n) is 4.31. The van der Waals surface area contributed by atoms with Crippen LogP contribution in [0, 0.1) is 6.92 Å². The van der Waals surface area contributed by atoms with Gasteiger partial charge in [0, 0.05) is 6.08 Å². The minimum absolute atomic E-state index is 0.560. The molecule has 0 aromatic heterocycles. The number of nitrogens with one attached hydrogen (secondary N) is 1. The predicted octanol–water partition coefficient (Wildman–Crippen LogP) is 0.958. The van der Waals surface area contributed by atoms with E-state index in [0.717, 1.165) is 11.1 Å². The molecule has 0 saturated carbocycles. The van der Waals surface area contributed by atoms with Crippen molar-refractivity contribution in [2.24, 2.45) is 0 Å². The molecule has 5 heteroatoms. The van der Waals surface area contributed by atoms with Gasteiger partial charge in [-0.25, -0.2) is 4.79 Å². The zero-order valence-electron chi connectivity index (χ0n) is 10.8. The molecule has 1 aromatic carbocycles. The second-order valence-corrected chi connectivity index (χ2v) is 4.31. The van der Waals surface area contributed by atoms with Crippen molar-refractivity contribution in [3.8, 4) is 0 Å². The number of aliphatic hydroxyl groups is 1. The molecule has 1 amide bonds. The molecule has 5 nitrogen and oxygen atoms in total. The fourth-order valence-electron chi connectivity index (χ4n) is 1.54. The first-order valence-corrected chi connectivity index (χ1v) is 5.86. The van der Waals surface area contributed by atoms with Crippen LogP contribution in [0.5, 0.6) is 0 Å². The number of aliphatic hydroxyl groups excluding tert-OH is 1. The van der Waals surface area contributed by atoms with Gasteiger partial charge in [0.05, 0.1) is 6.10 Å². The number of benzene rings is 1. The van der Waals surface area contributed by atoms with E-state index in [9.17, 15) is 14.7 Å². The maximum absolute atomic E-state index is 11.5. The summed E-state index contributed by atoms with van der Waals surface area (Å²) in [6.45, 7) is 3.24. The summed E-state index contributed by atoms with van der Waals surface area (Å²) in [4.78, 5) is 22.3. The van der Waals surface area contributed by atoms with E-state index in [1.165, 1.54) is 13.0 Å². The van der Waals surface area contributed by atoms with Crippen LogP contribution >= 0.6 is 0 Å². The van der Waals surface area contributed by atoms with Crippen LogP contribution in [0.25, 0.3) is 6.08 Å². The minimum atomic E-state index is -1.31. The van der Waals surface area contributed by atoms with Crippen LogP contribution in [0.4, 0.5) is 0 Å². The van der Waals surface area contributed by atoms with Crippen molar-refractivity contribution in [1.82, 2.24) is 5.32 Å². The molecule has 1 rings (SSSR count). The van der Waals surface area contributed by atoms with E-state index in [1.54, 1.807) is 6.08 Å². The fraction of sp³-hybridized carbons (Fsp3) is 0.286. The maximum Gasteiger partial charge on any atom is 0.328 e. The van der Waals surface area contributed by atoms with E-state index < -0.39 is 24.0 Å². The lowest BCUT2D eigenvalue weighted by atomic mass is 10.1. The van der Waals surface area contributed by atoms with E-state index in [2.05, 4.69) is 5.32 Å². The summed E-state index contributed by atoms with van der Waals surface area (Å²) < 4.78 is 0. The number of carbonyl (C=O) groups is 2. The predicted molar refractivity (Wildman–Crippen MR) is 71.5 cm³/mol. The Kier molecular flexibility index (Phi) is 5.26. The van der Waals surface area contributed by atoms with Gasteiger partial charge in [-0.3, -0.25) is 4.79 Å². The number of amides is 1. The third-order valence-electron chi connectivity index (χ3n) is 2.52. The molecule has 0 spiro atoms. The van der Waals surface area contributed by atoms with Crippen LogP contribution in [-0.2, 0) is 9.59 Å². The van der Waals surface area contributed by atoms with Gasteiger partial charge < -0.3 is 15.5 Å². The Morgan fingerprint density at radius 1 is 1.37 bits per heavy atom. The number of rotatable bonds is 5. The first-order chi connectivity index (χ1) is 8.90. The lowest BCUT2D eigenvalue weighted by Crippen LogP contribution is -2.47. The summed E-state index contributed by atoms with van der Waals surface area (Å²) in [6, 6.07) is 6.22. The molecule has 0 unspecified atom stereocenters. The molecule has 0 radical (unpaired) electrons. The number of aryl methyl sites for hydroxylation is 1. The summed E-state index contributed by atoms with van der Waals surface area (Å²) in [7, 11) is 0. The van der Waals surface area contributed by atoms with E-state index in [-0.39, 0.29) is 0 Å². The third-order valence-corrected chi connectivity index (χ3v) is 2.52. The summed E-state index contributed by atoms with van der Waals surface area (Å²) >= 11 is 0. The summed E-state index contributed by atoms with van der Waals surface area (Å²) in [5.74, 6) is -1.83. The molecule has 0 aliphatic heterocycles. The van der Waals surface area contributed by atoms with Crippen molar-refractivity contribution < 1.29 is 19.8 Å². The van der Waals surface area contributed by atoms with E-state index in [0.29, 0.717) is 0 Å².